The Hall–Kier alpha value is -2.30. The molecule has 0 radical (unpaired) electrons. The molecule has 1 N–H and O–H groups in total. The number of rotatable bonds is 3. The zero-order valence-corrected chi connectivity index (χ0v) is 15.6. The van der Waals surface area contributed by atoms with Gasteiger partial charge in [-0.2, -0.15) is 0 Å². The zero-order valence-electron chi connectivity index (χ0n) is 14.1. The number of carbonyl (C=O) groups is 1. The summed E-state index contributed by atoms with van der Waals surface area (Å²) >= 11 is 6.20. The molecule has 1 heterocycles. The van der Waals surface area contributed by atoms with Crippen LogP contribution >= 0.6 is 11.6 Å². The number of benzene rings is 2. The van der Waals surface area contributed by atoms with Crippen molar-refractivity contribution >= 4 is 39.8 Å². The summed E-state index contributed by atoms with van der Waals surface area (Å²) in [5.74, 6) is -0.373. The van der Waals surface area contributed by atoms with Crippen LogP contribution in [0.25, 0.3) is 10.9 Å². The highest BCUT2D eigenvalue weighted by atomic mass is 35.5. The first-order valence-electron chi connectivity index (χ1n) is 7.51. The van der Waals surface area contributed by atoms with Crippen LogP contribution in [0.2, 0.25) is 5.02 Å². The Morgan fingerprint density at radius 2 is 1.88 bits per heavy atom. The molecule has 0 atom stereocenters. The molecule has 0 bridgehead atoms. The van der Waals surface area contributed by atoms with E-state index in [1.54, 1.807) is 12.1 Å². The third-order valence-electron chi connectivity index (χ3n) is 3.89. The second-order valence-electron chi connectivity index (χ2n) is 5.57. The standard InChI is InChI=1S/C19H17ClN2O2.ClH/c1-11-9-18(22-16-6-4-5-15(20)12(16)2)14-10-13(19(23)24-3)7-8-17(14)21-11;/h4-10H,1-3H3,(H,21,22);1H/p-1. The zero-order chi connectivity index (χ0) is 17.3. The molecular formula is C19H17Cl2N2O2-. The molecule has 2 aromatic carbocycles. The predicted octanol–water partition coefficient (Wildman–Crippen LogP) is 2.04. The van der Waals surface area contributed by atoms with Gasteiger partial charge in [-0.15, -0.1) is 0 Å². The van der Waals surface area contributed by atoms with E-state index < -0.39 is 0 Å². The number of methoxy groups -OCH3 is 1. The molecule has 0 aliphatic heterocycles. The first kappa shape index (κ1) is 19.0. The Morgan fingerprint density at radius 3 is 2.60 bits per heavy atom. The summed E-state index contributed by atoms with van der Waals surface area (Å²) in [5, 5.41) is 4.95. The van der Waals surface area contributed by atoms with Gasteiger partial charge in [0, 0.05) is 27.5 Å². The van der Waals surface area contributed by atoms with Crippen molar-refractivity contribution < 1.29 is 21.9 Å². The highest BCUT2D eigenvalue weighted by Gasteiger charge is 2.11. The number of hydrogen-bond acceptors (Lipinski definition) is 4. The molecule has 25 heavy (non-hydrogen) atoms. The molecule has 0 saturated heterocycles. The molecule has 4 nitrogen and oxygen atoms in total. The van der Waals surface area contributed by atoms with E-state index in [1.165, 1.54) is 7.11 Å². The number of hydrogen-bond donors (Lipinski definition) is 1. The smallest absolute Gasteiger partial charge is 0.337 e. The molecule has 0 aliphatic rings. The van der Waals surface area contributed by atoms with E-state index in [-0.39, 0.29) is 18.4 Å². The van der Waals surface area contributed by atoms with E-state index in [4.69, 9.17) is 16.3 Å². The molecule has 130 valence electrons. The number of nitrogens with one attached hydrogen (secondary N) is 1. The van der Waals surface area contributed by atoms with Crippen molar-refractivity contribution in [2.75, 3.05) is 12.4 Å². The lowest BCUT2D eigenvalue weighted by molar-refractivity contribution is -0.0000195. The van der Waals surface area contributed by atoms with Crippen molar-refractivity contribution in [2.45, 2.75) is 13.8 Å². The Kier molecular flexibility index (Phi) is 5.88. The van der Waals surface area contributed by atoms with Crippen LogP contribution in [0.5, 0.6) is 0 Å². The molecule has 0 spiro atoms. The molecule has 0 unspecified atom stereocenters. The summed E-state index contributed by atoms with van der Waals surface area (Å²) in [6.45, 7) is 3.89. The topological polar surface area (TPSA) is 51.2 Å². The summed E-state index contributed by atoms with van der Waals surface area (Å²) in [6.07, 6.45) is 0. The highest BCUT2D eigenvalue weighted by molar-refractivity contribution is 6.31. The minimum atomic E-state index is -0.373. The monoisotopic (exact) mass is 375 g/mol. The van der Waals surface area contributed by atoms with E-state index in [9.17, 15) is 4.79 Å². The summed E-state index contributed by atoms with van der Waals surface area (Å²) in [7, 11) is 1.37. The maximum atomic E-state index is 11.8. The minimum absolute atomic E-state index is 0. The Balaban J connectivity index is 0.00000225. The Morgan fingerprint density at radius 1 is 1.12 bits per heavy atom. The van der Waals surface area contributed by atoms with Gasteiger partial charge in [-0.05, 0) is 55.8 Å². The summed E-state index contributed by atoms with van der Waals surface area (Å²) in [4.78, 5) is 16.3. The lowest BCUT2D eigenvalue weighted by atomic mass is 10.1. The SMILES string of the molecule is COC(=O)c1ccc2nc(C)cc(Nc3cccc(Cl)c3C)c2c1.[Cl-]. The number of halogens is 2. The fourth-order valence-electron chi connectivity index (χ4n) is 2.59. The van der Waals surface area contributed by atoms with Crippen molar-refractivity contribution in [3.05, 3.63) is 64.3 Å². The van der Waals surface area contributed by atoms with E-state index in [0.717, 1.165) is 33.5 Å². The summed E-state index contributed by atoms with van der Waals surface area (Å²) < 4.78 is 4.80. The van der Waals surface area contributed by atoms with Gasteiger partial charge in [0.1, 0.15) is 0 Å². The van der Waals surface area contributed by atoms with Crippen LogP contribution < -0.4 is 17.7 Å². The molecule has 3 aromatic rings. The van der Waals surface area contributed by atoms with Crippen molar-refractivity contribution in [2.24, 2.45) is 0 Å². The molecule has 6 heteroatoms. The molecule has 1 aromatic heterocycles. The lowest BCUT2D eigenvalue weighted by Gasteiger charge is -2.14. The van der Waals surface area contributed by atoms with Gasteiger partial charge in [0.15, 0.2) is 0 Å². The number of pyridine rings is 1. The molecule has 0 saturated carbocycles. The third kappa shape index (κ3) is 3.86. The first-order chi connectivity index (χ1) is 11.5. The van der Waals surface area contributed by atoms with E-state index >= 15 is 0 Å². The normalized spacial score (nSPS) is 10.2. The summed E-state index contributed by atoms with van der Waals surface area (Å²) in [6, 6.07) is 13.0. The van der Waals surface area contributed by atoms with E-state index in [0.29, 0.717) is 10.6 Å². The average Bonchev–Trinajstić information content (AvgIpc) is 2.57. The Bertz CT molecular complexity index is 942. The van der Waals surface area contributed by atoms with Crippen LogP contribution in [0, 0.1) is 13.8 Å². The maximum Gasteiger partial charge on any atom is 0.337 e. The van der Waals surface area contributed by atoms with Crippen molar-refractivity contribution in [3.8, 4) is 0 Å². The van der Waals surface area contributed by atoms with Crippen LogP contribution in [-0.4, -0.2) is 18.1 Å². The quantitative estimate of drug-likeness (QED) is 0.711. The number of carbonyl (C=O) groups excluding carboxylic acids is 1. The van der Waals surface area contributed by atoms with Crippen LogP contribution in [0.4, 0.5) is 11.4 Å². The van der Waals surface area contributed by atoms with Crippen molar-refractivity contribution in [3.63, 3.8) is 0 Å². The molecule has 0 aliphatic carbocycles. The number of ether oxygens (including phenoxy) is 1. The van der Waals surface area contributed by atoms with Gasteiger partial charge in [-0.3, -0.25) is 4.98 Å². The van der Waals surface area contributed by atoms with Gasteiger partial charge in [0.2, 0.25) is 0 Å². The fraction of sp³-hybridized carbons (Fsp3) is 0.158. The number of fused-ring (bicyclic) bond motifs is 1. The second kappa shape index (κ2) is 7.72. The largest absolute Gasteiger partial charge is 1.00 e. The van der Waals surface area contributed by atoms with Crippen molar-refractivity contribution in [1.82, 2.24) is 4.98 Å². The minimum Gasteiger partial charge on any atom is -1.00 e. The van der Waals surface area contributed by atoms with E-state index in [1.807, 2.05) is 44.2 Å². The first-order valence-corrected chi connectivity index (χ1v) is 7.89. The van der Waals surface area contributed by atoms with Crippen LogP contribution in [0.1, 0.15) is 21.6 Å². The fourth-order valence-corrected chi connectivity index (χ4v) is 2.77. The van der Waals surface area contributed by atoms with Crippen LogP contribution in [0.15, 0.2) is 42.5 Å². The van der Waals surface area contributed by atoms with Crippen LogP contribution in [0.3, 0.4) is 0 Å². The van der Waals surface area contributed by atoms with Gasteiger partial charge in [0.05, 0.1) is 18.2 Å². The highest BCUT2D eigenvalue weighted by Crippen LogP contribution is 2.31. The molecule has 0 amide bonds. The number of anilines is 2. The number of aryl methyl sites for hydroxylation is 1. The molecule has 0 fully saturated rings. The van der Waals surface area contributed by atoms with Gasteiger partial charge in [-0.1, -0.05) is 17.7 Å². The lowest BCUT2D eigenvalue weighted by Crippen LogP contribution is -3.00. The van der Waals surface area contributed by atoms with E-state index in [2.05, 4.69) is 10.3 Å². The van der Waals surface area contributed by atoms with Gasteiger partial charge in [0.25, 0.3) is 0 Å². The summed E-state index contributed by atoms with van der Waals surface area (Å²) in [5.41, 5.74) is 4.93. The number of esters is 1. The van der Waals surface area contributed by atoms with Gasteiger partial charge >= 0.3 is 5.97 Å². The average molecular weight is 376 g/mol. The second-order valence-corrected chi connectivity index (χ2v) is 5.98. The van der Waals surface area contributed by atoms with Gasteiger partial charge < -0.3 is 22.5 Å². The predicted molar refractivity (Wildman–Crippen MR) is 97.3 cm³/mol. The van der Waals surface area contributed by atoms with Crippen molar-refractivity contribution in [1.29, 1.82) is 0 Å². The van der Waals surface area contributed by atoms with Crippen LogP contribution in [-0.2, 0) is 4.74 Å². The molecule has 3 rings (SSSR count). The Labute approximate surface area is 157 Å². The maximum absolute atomic E-state index is 11.8. The molecular weight excluding hydrogens is 359 g/mol. The third-order valence-corrected chi connectivity index (χ3v) is 4.30. The number of nitrogens with zero attached hydrogens (tertiary/aromatic N) is 1. The number of aromatic nitrogens is 1. The van der Waals surface area contributed by atoms with Gasteiger partial charge in [-0.25, -0.2) is 4.79 Å².